The van der Waals surface area contributed by atoms with Gasteiger partial charge in [0.25, 0.3) is 0 Å². The number of ether oxygens (including phenoxy) is 2. The van der Waals surface area contributed by atoms with Crippen LogP contribution in [0.15, 0.2) is 64.0 Å². The second-order valence-electron chi connectivity index (χ2n) is 8.58. The molecule has 0 aromatic heterocycles. The number of methoxy groups -OCH3 is 1. The van der Waals surface area contributed by atoms with Crippen molar-refractivity contribution in [3.05, 3.63) is 80.2 Å². The second kappa shape index (κ2) is 11.6. The number of carbonyl (C=O) groups is 1. The van der Waals surface area contributed by atoms with Gasteiger partial charge in [-0.05, 0) is 54.8 Å². The minimum absolute atomic E-state index is 0.0147. The quantitative estimate of drug-likeness (QED) is 0.279. The number of likely N-dealkylation sites (tertiary alicyclic amines) is 1. The van der Waals surface area contributed by atoms with Gasteiger partial charge in [0.1, 0.15) is 11.5 Å². The molecule has 11 heteroatoms. The first-order valence-corrected chi connectivity index (χ1v) is 14.4. The third-order valence-corrected chi connectivity index (χ3v) is 8.95. The number of amides is 1. The molecular weight excluding hydrogens is 603 g/mol. The van der Waals surface area contributed by atoms with Crippen molar-refractivity contribution in [2.75, 3.05) is 26.7 Å². The van der Waals surface area contributed by atoms with Crippen molar-refractivity contribution in [3.63, 3.8) is 0 Å². The topological polar surface area (TPSA) is 76.2 Å². The maximum absolute atomic E-state index is 13.9. The average Bonchev–Trinajstić information content (AvgIpc) is 2.81. The van der Waals surface area contributed by atoms with Gasteiger partial charge in [-0.25, -0.2) is 8.42 Å². The standard InChI is InChI=1S/C26H25BrCl2N2O5S/c1-17-4-7-21(36-26-22(28)12-19(27)13-23(26)29)14-24(17)37(33,34)31(16-25(32)30-10-3-11-30)15-18-5-8-20(35-2)9-6-18/h4-9,12-14H,3,10-11,15-16H2,1-2H3. The number of benzene rings is 3. The van der Waals surface area contributed by atoms with E-state index < -0.39 is 10.0 Å². The fourth-order valence-corrected chi connectivity index (χ4v) is 6.69. The summed E-state index contributed by atoms with van der Waals surface area (Å²) < 4.78 is 40.9. The van der Waals surface area contributed by atoms with Crippen molar-refractivity contribution < 1.29 is 22.7 Å². The molecule has 1 aliphatic heterocycles. The summed E-state index contributed by atoms with van der Waals surface area (Å²) in [5, 5.41) is 0.538. The summed E-state index contributed by atoms with van der Waals surface area (Å²) >= 11 is 15.9. The van der Waals surface area contributed by atoms with Crippen molar-refractivity contribution in [2.45, 2.75) is 24.8 Å². The molecular formula is C26H25BrCl2N2O5S. The predicted molar refractivity (Wildman–Crippen MR) is 147 cm³/mol. The van der Waals surface area contributed by atoms with Crippen LogP contribution in [0.2, 0.25) is 10.0 Å². The lowest BCUT2D eigenvalue weighted by atomic mass is 10.2. The Morgan fingerprint density at radius 1 is 1.03 bits per heavy atom. The maximum Gasteiger partial charge on any atom is 0.244 e. The lowest BCUT2D eigenvalue weighted by Gasteiger charge is -2.33. The van der Waals surface area contributed by atoms with Crippen LogP contribution in [0.3, 0.4) is 0 Å². The summed E-state index contributed by atoms with van der Waals surface area (Å²) in [6, 6.07) is 15.0. The fourth-order valence-electron chi connectivity index (χ4n) is 3.78. The molecule has 0 aliphatic carbocycles. The molecule has 0 spiro atoms. The minimum atomic E-state index is -4.10. The molecule has 4 rings (SSSR count). The Balaban J connectivity index is 1.68. The zero-order chi connectivity index (χ0) is 26.7. The van der Waals surface area contributed by atoms with Gasteiger partial charge in [0.2, 0.25) is 15.9 Å². The molecule has 196 valence electrons. The highest BCUT2D eigenvalue weighted by Crippen LogP contribution is 2.39. The Kier molecular flexibility index (Phi) is 8.70. The first-order valence-electron chi connectivity index (χ1n) is 11.4. The number of hydrogen-bond acceptors (Lipinski definition) is 5. The zero-order valence-electron chi connectivity index (χ0n) is 20.2. The molecule has 0 radical (unpaired) electrons. The van der Waals surface area contributed by atoms with Crippen LogP contribution in [-0.2, 0) is 21.4 Å². The van der Waals surface area contributed by atoms with Gasteiger partial charge in [-0.1, -0.05) is 57.3 Å². The van der Waals surface area contributed by atoms with Crippen LogP contribution in [0.25, 0.3) is 0 Å². The van der Waals surface area contributed by atoms with Crippen molar-refractivity contribution in [1.82, 2.24) is 9.21 Å². The van der Waals surface area contributed by atoms with E-state index in [4.69, 9.17) is 32.7 Å². The van der Waals surface area contributed by atoms with Crippen LogP contribution in [0.1, 0.15) is 17.5 Å². The number of nitrogens with zero attached hydrogens (tertiary/aromatic N) is 2. The lowest BCUT2D eigenvalue weighted by Crippen LogP contribution is -2.48. The molecule has 7 nitrogen and oxygen atoms in total. The normalized spacial score (nSPS) is 13.4. The van der Waals surface area contributed by atoms with E-state index in [0.717, 1.165) is 12.0 Å². The summed E-state index contributed by atoms with van der Waals surface area (Å²) in [4.78, 5) is 14.5. The van der Waals surface area contributed by atoms with Crippen LogP contribution in [-0.4, -0.2) is 50.3 Å². The van der Waals surface area contributed by atoms with Gasteiger partial charge in [0.05, 0.1) is 28.6 Å². The lowest BCUT2D eigenvalue weighted by molar-refractivity contribution is -0.134. The molecule has 1 heterocycles. The van der Waals surface area contributed by atoms with Crippen LogP contribution >= 0.6 is 39.1 Å². The minimum Gasteiger partial charge on any atom is -0.497 e. The molecule has 1 aliphatic rings. The molecule has 0 unspecified atom stereocenters. The summed E-state index contributed by atoms with van der Waals surface area (Å²) in [5.41, 5.74) is 1.23. The van der Waals surface area contributed by atoms with Crippen molar-refractivity contribution in [2.24, 2.45) is 0 Å². The van der Waals surface area contributed by atoms with E-state index in [-0.39, 0.29) is 45.4 Å². The molecule has 1 fully saturated rings. The predicted octanol–water partition coefficient (Wildman–Crippen LogP) is 6.29. The Hall–Kier alpha value is -2.30. The van der Waals surface area contributed by atoms with Crippen LogP contribution in [0, 0.1) is 6.92 Å². The van der Waals surface area contributed by atoms with Gasteiger partial charge in [0, 0.05) is 30.2 Å². The van der Waals surface area contributed by atoms with Gasteiger partial charge in [-0.15, -0.1) is 0 Å². The Morgan fingerprint density at radius 2 is 1.65 bits per heavy atom. The van der Waals surface area contributed by atoms with E-state index in [9.17, 15) is 13.2 Å². The van der Waals surface area contributed by atoms with Gasteiger partial charge < -0.3 is 14.4 Å². The molecule has 0 bridgehead atoms. The summed E-state index contributed by atoms with van der Waals surface area (Å²) in [5.74, 6) is 0.873. The molecule has 0 atom stereocenters. The SMILES string of the molecule is COc1ccc(CN(CC(=O)N2CCC2)S(=O)(=O)c2cc(Oc3c(Cl)cc(Br)cc3Cl)ccc2C)cc1. The Morgan fingerprint density at radius 3 is 2.22 bits per heavy atom. The fraction of sp³-hybridized carbons (Fsp3) is 0.269. The second-order valence-corrected chi connectivity index (χ2v) is 12.2. The van der Waals surface area contributed by atoms with Crippen molar-refractivity contribution in [1.29, 1.82) is 0 Å². The maximum atomic E-state index is 13.9. The van der Waals surface area contributed by atoms with Crippen LogP contribution in [0.5, 0.6) is 17.2 Å². The zero-order valence-corrected chi connectivity index (χ0v) is 24.1. The summed E-state index contributed by atoms with van der Waals surface area (Å²) in [6.45, 7) is 2.70. The Bertz CT molecular complexity index is 1390. The van der Waals surface area contributed by atoms with E-state index >= 15 is 0 Å². The summed E-state index contributed by atoms with van der Waals surface area (Å²) in [6.07, 6.45) is 0.913. The van der Waals surface area contributed by atoms with Crippen molar-refractivity contribution >= 4 is 55.1 Å². The number of hydrogen-bond donors (Lipinski definition) is 0. The smallest absolute Gasteiger partial charge is 0.244 e. The average molecular weight is 628 g/mol. The highest BCUT2D eigenvalue weighted by atomic mass is 79.9. The first kappa shape index (κ1) is 27.7. The number of carbonyl (C=O) groups excluding carboxylic acids is 1. The first-order chi connectivity index (χ1) is 17.6. The van der Waals surface area contributed by atoms with Crippen molar-refractivity contribution in [3.8, 4) is 17.2 Å². The number of halogens is 3. The van der Waals surface area contributed by atoms with E-state index in [0.29, 0.717) is 28.9 Å². The van der Waals surface area contributed by atoms with E-state index in [1.807, 2.05) is 0 Å². The highest BCUT2D eigenvalue weighted by molar-refractivity contribution is 9.10. The van der Waals surface area contributed by atoms with Gasteiger partial charge in [0.15, 0.2) is 5.75 Å². The van der Waals surface area contributed by atoms with E-state index in [1.165, 1.54) is 10.4 Å². The largest absolute Gasteiger partial charge is 0.497 e. The number of sulfonamides is 1. The third kappa shape index (κ3) is 6.41. The van der Waals surface area contributed by atoms with Gasteiger partial charge >= 0.3 is 0 Å². The Labute approximate surface area is 235 Å². The van der Waals surface area contributed by atoms with Crippen LogP contribution in [0.4, 0.5) is 0 Å². The molecule has 3 aromatic carbocycles. The summed E-state index contributed by atoms with van der Waals surface area (Å²) in [7, 11) is -2.54. The third-order valence-electron chi connectivity index (χ3n) is 6.00. The molecule has 3 aromatic rings. The molecule has 1 saturated heterocycles. The highest BCUT2D eigenvalue weighted by Gasteiger charge is 2.31. The van der Waals surface area contributed by atoms with Gasteiger partial charge in [-0.2, -0.15) is 4.31 Å². The van der Waals surface area contributed by atoms with Gasteiger partial charge in [-0.3, -0.25) is 4.79 Å². The molecule has 0 saturated carbocycles. The van der Waals surface area contributed by atoms with E-state index in [2.05, 4.69) is 15.9 Å². The number of aryl methyl sites for hydroxylation is 1. The molecule has 0 N–H and O–H groups in total. The molecule has 37 heavy (non-hydrogen) atoms. The molecule has 1 amide bonds. The van der Waals surface area contributed by atoms with Crippen LogP contribution < -0.4 is 9.47 Å². The monoisotopic (exact) mass is 626 g/mol. The number of rotatable bonds is 9. The van der Waals surface area contributed by atoms with E-state index in [1.54, 1.807) is 67.5 Å².